The van der Waals surface area contributed by atoms with Crippen LogP contribution in [-0.2, 0) is 0 Å². The lowest BCUT2D eigenvalue weighted by atomic mass is 9.77. The summed E-state index contributed by atoms with van der Waals surface area (Å²) < 4.78 is 0. The standard InChI is InChI=1S/C35H44O3/c1-20-16-17-27(28-18-21(2)34(37)30(23(28)4)25-12-8-6-9-13-25)32(33(20)36)29-19-22(3)35(38)31(24(29)5)26-14-10-7-11-15-26/h16-19,25-26,36-38H,6-15H2,1-5H3. The predicted octanol–water partition coefficient (Wildman–Crippen LogP) is 9.77. The minimum absolute atomic E-state index is 0.301. The molecule has 202 valence electrons. The first-order valence-corrected chi connectivity index (χ1v) is 14.7. The summed E-state index contributed by atoms with van der Waals surface area (Å²) in [5.74, 6) is 1.89. The number of aryl methyl sites for hydroxylation is 3. The molecule has 0 aromatic heterocycles. The van der Waals surface area contributed by atoms with Gasteiger partial charge >= 0.3 is 0 Å². The van der Waals surface area contributed by atoms with E-state index in [1.807, 2.05) is 26.8 Å². The molecule has 5 rings (SSSR count). The van der Waals surface area contributed by atoms with Gasteiger partial charge in [0.05, 0.1) is 0 Å². The van der Waals surface area contributed by atoms with Crippen molar-refractivity contribution in [1.82, 2.24) is 0 Å². The molecule has 3 aromatic rings. The molecule has 0 unspecified atom stereocenters. The predicted molar refractivity (Wildman–Crippen MR) is 158 cm³/mol. The minimum Gasteiger partial charge on any atom is -0.507 e. The summed E-state index contributed by atoms with van der Waals surface area (Å²) in [5, 5.41) is 34.0. The Morgan fingerprint density at radius 3 is 1.45 bits per heavy atom. The maximum atomic E-state index is 11.6. The Labute approximate surface area is 228 Å². The van der Waals surface area contributed by atoms with E-state index in [9.17, 15) is 15.3 Å². The monoisotopic (exact) mass is 512 g/mol. The van der Waals surface area contributed by atoms with Gasteiger partial charge in [0.15, 0.2) is 0 Å². The van der Waals surface area contributed by atoms with Crippen molar-refractivity contribution in [1.29, 1.82) is 0 Å². The van der Waals surface area contributed by atoms with E-state index in [2.05, 4.69) is 32.0 Å². The summed E-state index contributed by atoms with van der Waals surface area (Å²) >= 11 is 0. The van der Waals surface area contributed by atoms with Gasteiger partial charge in [0.1, 0.15) is 17.2 Å². The topological polar surface area (TPSA) is 60.7 Å². The molecule has 2 saturated carbocycles. The molecule has 0 radical (unpaired) electrons. The van der Waals surface area contributed by atoms with E-state index >= 15 is 0 Å². The van der Waals surface area contributed by atoms with Crippen LogP contribution in [0.5, 0.6) is 17.2 Å². The molecule has 3 heteroatoms. The van der Waals surface area contributed by atoms with Gasteiger partial charge in [-0.3, -0.25) is 0 Å². The second-order valence-corrected chi connectivity index (χ2v) is 12.1. The highest BCUT2D eigenvalue weighted by molar-refractivity contribution is 5.92. The molecule has 0 heterocycles. The van der Waals surface area contributed by atoms with Crippen molar-refractivity contribution in [2.75, 3.05) is 0 Å². The number of phenolic OH excluding ortho intramolecular Hbond substituents is 3. The Morgan fingerprint density at radius 2 is 0.947 bits per heavy atom. The van der Waals surface area contributed by atoms with Crippen LogP contribution >= 0.6 is 0 Å². The highest BCUT2D eigenvalue weighted by Crippen LogP contribution is 2.50. The van der Waals surface area contributed by atoms with Crippen LogP contribution in [0.25, 0.3) is 22.3 Å². The Balaban J connectivity index is 1.76. The molecule has 2 aliphatic carbocycles. The average molecular weight is 513 g/mol. The van der Waals surface area contributed by atoms with E-state index in [0.717, 1.165) is 86.9 Å². The van der Waals surface area contributed by atoms with Crippen molar-refractivity contribution in [3.8, 4) is 39.5 Å². The molecule has 0 amide bonds. The lowest BCUT2D eigenvalue weighted by Gasteiger charge is -2.29. The highest BCUT2D eigenvalue weighted by Gasteiger charge is 2.28. The van der Waals surface area contributed by atoms with Crippen LogP contribution in [0.4, 0.5) is 0 Å². The fraction of sp³-hybridized carbons (Fsp3) is 0.486. The van der Waals surface area contributed by atoms with Crippen molar-refractivity contribution < 1.29 is 15.3 Å². The zero-order valence-electron chi connectivity index (χ0n) is 23.9. The fourth-order valence-corrected chi connectivity index (χ4v) is 7.37. The van der Waals surface area contributed by atoms with E-state index in [1.165, 1.54) is 38.5 Å². The number of rotatable bonds is 4. The molecule has 2 fully saturated rings. The van der Waals surface area contributed by atoms with Gasteiger partial charge in [-0.15, -0.1) is 0 Å². The summed E-state index contributed by atoms with van der Waals surface area (Å²) in [6, 6.07) is 8.28. The molecular weight excluding hydrogens is 468 g/mol. The summed E-state index contributed by atoms with van der Waals surface area (Å²) in [5.41, 5.74) is 10.8. The van der Waals surface area contributed by atoms with Gasteiger partial charge in [0, 0.05) is 16.7 Å². The summed E-state index contributed by atoms with van der Waals surface area (Å²) in [6.07, 6.45) is 11.8. The summed E-state index contributed by atoms with van der Waals surface area (Å²) in [7, 11) is 0. The van der Waals surface area contributed by atoms with Crippen LogP contribution in [0.2, 0.25) is 0 Å². The lowest BCUT2D eigenvalue weighted by molar-refractivity contribution is 0.411. The third-order valence-electron chi connectivity index (χ3n) is 9.56. The smallest absolute Gasteiger partial charge is 0.126 e. The molecule has 3 aromatic carbocycles. The molecule has 3 nitrogen and oxygen atoms in total. The fourth-order valence-electron chi connectivity index (χ4n) is 7.37. The maximum absolute atomic E-state index is 11.6. The molecule has 0 spiro atoms. The Morgan fingerprint density at radius 1 is 0.500 bits per heavy atom. The van der Waals surface area contributed by atoms with Crippen LogP contribution < -0.4 is 0 Å². The van der Waals surface area contributed by atoms with E-state index < -0.39 is 0 Å². The first kappa shape index (κ1) is 26.7. The zero-order valence-corrected chi connectivity index (χ0v) is 23.9. The quantitative estimate of drug-likeness (QED) is 0.326. The van der Waals surface area contributed by atoms with Gasteiger partial charge in [-0.25, -0.2) is 0 Å². The number of aromatic hydroxyl groups is 3. The van der Waals surface area contributed by atoms with Crippen molar-refractivity contribution in [2.45, 2.75) is 111 Å². The number of hydrogen-bond acceptors (Lipinski definition) is 3. The van der Waals surface area contributed by atoms with Crippen LogP contribution in [0, 0.1) is 34.6 Å². The Bertz CT molecular complexity index is 1350. The van der Waals surface area contributed by atoms with Crippen LogP contribution in [0.3, 0.4) is 0 Å². The third-order valence-corrected chi connectivity index (χ3v) is 9.56. The summed E-state index contributed by atoms with van der Waals surface area (Å²) in [4.78, 5) is 0. The van der Waals surface area contributed by atoms with Gasteiger partial charge in [0.2, 0.25) is 0 Å². The van der Waals surface area contributed by atoms with E-state index in [4.69, 9.17) is 0 Å². The van der Waals surface area contributed by atoms with E-state index in [-0.39, 0.29) is 0 Å². The van der Waals surface area contributed by atoms with Crippen molar-refractivity contribution >= 4 is 0 Å². The van der Waals surface area contributed by atoms with Gasteiger partial charge < -0.3 is 15.3 Å². The van der Waals surface area contributed by atoms with Gasteiger partial charge in [-0.1, -0.05) is 50.7 Å². The Kier molecular flexibility index (Phi) is 7.49. The number of benzene rings is 3. The molecule has 38 heavy (non-hydrogen) atoms. The summed E-state index contributed by atoms with van der Waals surface area (Å²) in [6.45, 7) is 10.2. The SMILES string of the molecule is Cc1ccc(-c2cc(C)c(O)c(C3CCCCC3)c2C)c(-c2cc(C)c(O)c(C3CCCCC3)c2C)c1O. The zero-order chi connectivity index (χ0) is 27.1. The van der Waals surface area contributed by atoms with Gasteiger partial charge in [0.25, 0.3) is 0 Å². The van der Waals surface area contributed by atoms with Crippen LogP contribution in [0.15, 0.2) is 24.3 Å². The number of hydrogen-bond donors (Lipinski definition) is 3. The molecule has 0 atom stereocenters. The van der Waals surface area contributed by atoms with Crippen molar-refractivity contribution in [3.63, 3.8) is 0 Å². The van der Waals surface area contributed by atoms with E-state index in [0.29, 0.717) is 29.1 Å². The molecule has 0 bridgehead atoms. The highest BCUT2D eigenvalue weighted by atomic mass is 16.3. The molecule has 2 aliphatic rings. The average Bonchev–Trinajstić information content (AvgIpc) is 2.92. The Hall–Kier alpha value is -2.94. The van der Waals surface area contributed by atoms with Crippen LogP contribution in [-0.4, -0.2) is 15.3 Å². The first-order chi connectivity index (χ1) is 18.2. The molecule has 3 N–H and O–H groups in total. The largest absolute Gasteiger partial charge is 0.507 e. The third kappa shape index (κ3) is 4.59. The second kappa shape index (κ2) is 10.7. The minimum atomic E-state index is 0.301. The maximum Gasteiger partial charge on any atom is 0.126 e. The second-order valence-electron chi connectivity index (χ2n) is 12.1. The molecule has 0 saturated heterocycles. The molecular formula is C35H44O3. The van der Waals surface area contributed by atoms with Gasteiger partial charge in [-0.05, 0) is 129 Å². The molecule has 0 aliphatic heterocycles. The van der Waals surface area contributed by atoms with Crippen molar-refractivity contribution in [2.24, 2.45) is 0 Å². The number of phenols is 3. The van der Waals surface area contributed by atoms with Crippen LogP contribution in [0.1, 0.15) is 115 Å². The first-order valence-electron chi connectivity index (χ1n) is 14.7. The van der Waals surface area contributed by atoms with Gasteiger partial charge in [-0.2, -0.15) is 0 Å². The normalized spacial score (nSPS) is 17.2. The van der Waals surface area contributed by atoms with Crippen molar-refractivity contribution in [3.05, 3.63) is 63.2 Å². The lowest BCUT2D eigenvalue weighted by Crippen LogP contribution is -2.09. The van der Waals surface area contributed by atoms with E-state index in [1.54, 1.807) is 0 Å².